The van der Waals surface area contributed by atoms with Gasteiger partial charge in [0.2, 0.25) is 10.0 Å². The Balaban J connectivity index is 1.69. The van der Waals surface area contributed by atoms with Crippen molar-refractivity contribution in [3.63, 3.8) is 0 Å². The van der Waals surface area contributed by atoms with E-state index in [1.54, 1.807) is 24.3 Å². The van der Waals surface area contributed by atoms with Gasteiger partial charge in [-0.2, -0.15) is 4.31 Å². The summed E-state index contributed by atoms with van der Waals surface area (Å²) in [6.07, 6.45) is 0. The Morgan fingerprint density at radius 1 is 1.04 bits per heavy atom. The first kappa shape index (κ1) is 18.3. The van der Waals surface area contributed by atoms with Crippen LogP contribution in [0.2, 0.25) is 5.02 Å². The molecule has 2 aromatic rings. The van der Waals surface area contributed by atoms with E-state index in [0.717, 1.165) is 16.4 Å². The minimum absolute atomic E-state index is 0.00853. The first-order valence-corrected chi connectivity index (χ1v) is 10.9. The lowest BCUT2D eigenvalue weighted by Crippen LogP contribution is -2.56. The standard InChI is InChI=1S/C16H15ClFNO4S2/c17-13-3-1-2-12(8-13)11-24(20,21)19-9-16(10-19)25(22,23)15-6-4-14(18)5-7-15/h1-8,16H,9-11H2. The highest BCUT2D eigenvalue weighted by atomic mass is 35.5. The van der Waals surface area contributed by atoms with E-state index in [0.29, 0.717) is 10.6 Å². The Labute approximate surface area is 151 Å². The molecular weight excluding hydrogens is 389 g/mol. The Morgan fingerprint density at radius 2 is 1.68 bits per heavy atom. The Kier molecular flexibility index (Phi) is 4.89. The van der Waals surface area contributed by atoms with Crippen molar-refractivity contribution in [1.82, 2.24) is 4.31 Å². The van der Waals surface area contributed by atoms with Gasteiger partial charge in [-0.15, -0.1) is 0 Å². The third kappa shape index (κ3) is 3.87. The van der Waals surface area contributed by atoms with Gasteiger partial charge in [0.1, 0.15) is 5.82 Å². The lowest BCUT2D eigenvalue weighted by Gasteiger charge is -2.37. The topological polar surface area (TPSA) is 71.5 Å². The highest BCUT2D eigenvalue weighted by Crippen LogP contribution is 2.27. The van der Waals surface area contributed by atoms with Crippen LogP contribution in [0.1, 0.15) is 5.56 Å². The largest absolute Gasteiger partial charge is 0.223 e. The summed E-state index contributed by atoms with van der Waals surface area (Å²) >= 11 is 5.85. The van der Waals surface area contributed by atoms with E-state index in [9.17, 15) is 21.2 Å². The zero-order valence-electron chi connectivity index (χ0n) is 13.0. The number of sulfone groups is 1. The van der Waals surface area contributed by atoms with Crippen molar-refractivity contribution in [2.24, 2.45) is 0 Å². The fourth-order valence-electron chi connectivity index (χ4n) is 2.57. The summed E-state index contributed by atoms with van der Waals surface area (Å²) in [5.74, 6) is -0.769. The number of hydrogen-bond donors (Lipinski definition) is 0. The molecule has 1 aliphatic heterocycles. The Bertz CT molecular complexity index is 985. The second kappa shape index (κ2) is 6.68. The average molecular weight is 404 g/mol. The molecule has 0 aliphatic carbocycles. The molecule has 9 heteroatoms. The third-order valence-corrected chi connectivity index (χ3v) is 8.15. The van der Waals surface area contributed by atoms with Crippen LogP contribution in [0.5, 0.6) is 0 Å². The molecule has 0 N–H and O–H groups in total. The minimum atomic E-state index is -3.69. The molecule has 0 spiro atoms. The van der Waals surface area contributed by atoms with Gasteiger partial charge in [0, 0.05) is 18.1 Å². The molecule has 0 atom stereocenters. The SMILES string of the molecule is O=S(=O)(c1ccc(F)cc1)C1CN(S(=O)(=O)Cc2cccc(Cl)c2)C1. The van der Waals surface area contributed by atoms with Crippen LogP contribution >= 0.6 is 11.6 Å². The number of rotatable bonds is 5. The van der Waals surface area contributed by atoms with E-state index >= 15 is 0 Å². The van der Waals surface area contributed by atoms with Gasteiger partial charge >= 0.3 is 0 Å². The van der Waals surface area contributed by atoms with Crippen molar-refractivity contribution in [1.29, 1.82) is 0 Å². The van der Waals surface area contributed by atoms with Crippen LogP contribution in [0.3, 0.4) is 0 Å². The van der Waals surface area contributed by atoms with Crippen LogP contribution in [0.15, 0.2) is 53.4 Å². The molecule has 3 rings (SSSR count). The first-order chi connectivity index (χ1) is 11.7. The van der Waals surface area contributed by atoms with Gasteiger partial charge in [0.05, 0.1) is 15.9 Å². The molecule has 1 saturated heterocycles. The first-order valence-electron chi connectivity index (χ1n) is 7.40. The molecule has 1 aliphatic rings. The second-order valence-corrected chi connectivity index (χ2v) is 10.5. The van der Waals surface area contributed by atoms with Crippen molar-refractivity contribution in [2.45, 2.75) is 15.9 Å². The molecule has 0 saturated carbocycles. The molecule has 0 bridgehead atoms. The predicted molar refractivity (Wildman–Crippen MR) is 93.0 cm³/mol. The summed E-state index contributed by atoms with van der Waals surface area (Å²) in [5.41, 5.74) is 0.539. The zero-order chi connectivity index (χ0) is 18.2. The van der Waals surface area contributed by atoms with Crippen LogP contribution in [0, 0.1) is 5.82 Å². The van der Waals surface area contributed by atoms with Crippen LogP contribution in [0.25, 0.3) is 0 Å². The van der Waals surface area contributed by atoms with Gasteiger partial charge in [-0.25, -0.2) is 21.2 Å². The summed E-state index contributed by atoms with van der Waals surface area (Å²) in [7, 11) is -7.31. The molecule has 1 heterocycles. The van der Waals surface area contributed by atoms with Gasteiger partial charge in [0.15, 0.2) is 9.84 Å². The number of halogens is 2. The fourth-order valence-corrected chi connectivity index (χ4v) is 6.22. The van der Waals surface area contributed by atoms with Crippen LogP contribution in [0.4, 0.5) is 4.39 Å². The highest BCUT2D eigenvalue weighted by Gasteiger charge is 2.43. The number of hydrogen-bond acceptors (Lipinski definition) is 4. The van der Waals surface area contributed by atoms with Gasteiger partial charge in [-0.1, -0.05) is 23.7 Å². The molecule has 0 aromatic heterocycles. The van der Waals surface area contributed by atoms with E-state index in [2.05, 4.69) is 0 Å². The smallest absolute Gasteiger partial charge is 0.218 e. The summed E-state index contributed by atoms with van der Waals surface area (Å²) < 4.78 is 63.7. The second-order valence-electron chi connectivity index (χ2n) is 5.82. The van der Waals surface area contributed by atoms with Crippen LogP contribution in [-0.4, -0.2) is 39.5 Å². The van der Waals surface area contributed by atoms with Gasteiger partial charge in [0.25, 0.3) is 0 Å². The fraction of sp³-hybridized carbons (Fsp3) is 0.250. The summed E-state index contributed by atoms with van der Waals surface area (Å²) in [4.78, 5) is -0.00853. The lowest BCUT2D eigenvalue weighted by atomic mass is 10.2. The molecule has 0 radical (unpaired) electrons. The van der Waals surface area contributed by atoms with Crippen LogP contribution < -0.4 is 0 Å². The van der Waals surface area contributed by atoms with E-state index in [1.807, 2.05) is 0 Å². The van der Waals surface area contributed by atoms with Crippen molar-refractivity contribution >= 4 is 31.5 Å². The van der Waals surface area contributed by atoms with E-state index < -0.39 is 30.9 Å². The van der Waals surface area contributed by atoms with Crippen molar-refractivity contribution in [3.05, 3.63) is 64.9 Å². The maximum atomic E-state index is 12.9. The summed E-state index contributed by atoms with van der Waals surface area (Å²) in [6, 6.07) is 11.0. The van der Waals surface area contributed by atoms with Crippen molar-refractivity contribution < 1.29 is 21.2 Å². The normalized spacial score (nSPS) is 16.6. The third-order valence-electron chi connectivity index (χ3n) is 4.03. The molecule has 5 nitrogen and oxygen atoms in total. The molecule has 2 aromatic carbocycles. The summed E-state index contributed by atoms with van der Waals surface area (Å²) in [6.45, 7) is -0.217. The van der Waals surface area contributed by atoms with Gasteiger partial charge < -0.3 is 0 Å². The quantitative estimate of drug-likeness (QED) is 0.719. The zero-order valence-corrected chi connectivity index (χ0v) is 15.4. The van der Waals surface area contributed by atoms with E-state index in [1.165, 1.54) is 12.1 Å². The Hall–Kier alpha value is -1.48. The molecule has 25 heavy (non-hydrogen) atoms. The molecule has 134 valence electrons. The monoisotopic (exact) mass is 403 g/mol. The predicted octanol–water partition coefficient (Wildman–Crippen LogP) is 2.47. The molecular formula is C16H15ClFNO4S2. The molecule has 0 unspecified atom stereocenters. The van der Waals surface area contributed by atoms with Crippen LogP contribution in [-0.2, 0) is 25.6 Å². The summed E-state index contributed by atoms with van der Waals surface area (Å²) in [5, 5.41) is -0.389. The maximum absolute atomic E-state index is 12.9. The van der Waals surface area contributed by atoms with Gasteiger partial charge in [-0.05, 0) is 42.0 Å². The number of benzene rings is 2. The average Bonchev–Trinajstić information content (AvgIpc) is 2.44. The van der Waals surface area contributed by atoms with E-state index in [4.69, 9.17) is 11.6 Å². The maximum Gasteiger partial charge on any atom is 0.218 e. The van der Waals surface area contributed by atoms with Crippen molar-refractivity contribution in [3.8, 4) is 0 Å². The molecule has 1 fully saturated rings. The minimum Gasteiger partial charge on any atom is -0.223 e. The number of sulfonamides is 1. The van der Waals surface area contributed by atoms with Gasteiger partial charge in [-0.3, -0.25) is 0 Å². The number of nitrogens with zero attached hydrogens (tertiary/aromatic N) is 1. The van der Waals surface area contributed by atoms with Crippen molar-refractivity contribution in [2.75, 3.05) is 13.1 Å². The Morgan fingerprint density at radius 3 is 2.28 bits per heavy atom. The highest BCUT2D eigenvalue weighted by molar-refractivity contribution is 7.92. The van der Waals surface area contributed by atoms with E-state index in [-0.39, 0.29) is 23.7 Å². The lowest BCUT2D eigenvalue weighted by molar-refractivity contribution is 0.309. The molecule has 0 amide bonds.